The molecule has 1 aliphatic rings. The van der Waals surface area contributed by atoms with Gasteiger partial charge < -0.3 is 24.8 Å². The molecule has 0 radical (unpaired) electrons. The highest BCUT2D eigenvalue weighted by atomic mass is 16.5. The molecular weight excluding hydrogens is 344 g/mol. The maximum Gasteiger partial charge on any atom is 0.229 e. The first kappa shape index (κ1) is 19.1. The van der Waals surface area contributed by atoms with Gasteiger partial charge in [-0.3, -0.25) is 0 Å². The number of anilines is 3. The molecule has 146 valence electrons. The van der Waals surface area contributed by atoms with Gasteiger partial charge in [0.2, 0.25) is 11.7 Å². The third kappa shape index (κ3) is 4.93. The predicted molar refractivity (Wildman–Crippen MR) is 107 cm³/mol. The van der Waals surface area contributed by atoms with Gasteiger partial charge in [-0.15, -0.1) is 0 Å². The number of rotatable bonds is 7. The van der Waals surface area contributed by atoms with Crippen LogP contribution in [0, 0.1) is 0 Å². The molecule has 0 aliphatic heterocycles. The fourth-order valence-corrected chi connectivity index (χ4v) is 3.41. The summed E-state index contributed by atoms with van der Waals surface area (Å²) in [4.78, 5) is 8.92. The molecule has 0 bridgehead atoms. The van der Waals surface area contributed by atoms with Crippen molar-refractivity contribution in [2.45, 2.75) is 44.6 Å². The highest BCUT2D eigenvalue weighted by molar-refractivity contribution is 5.66. The Bertz CT molecular complexity index is 721. The van der Waals surface area contributed by atoms with E-state index in [0.29, 0.717) is 29.2 Å². The van der Waals surface area contributed by atoms with E-state index >= 15 is 0 Å². The number of aromatic nitrogens is 2. The molecule has 0 spiro atoms. The molecule has 7 heteroatoms. The molecule has 1 heterocycles. The van der Waals surface area contributed by atoms with Crippen LogP contribution in [0.5, 0.6) is 17.2 Å². The number of methoxy groups -OCH3 is 3. The lowest BCUT2D eigenvalue weighted by Crippen LogP contribution is -2.19. The summed E-state index contributed by atoms with van der Waals surface area (Å²) < 4.78 is 16.1. The standard InChI is InChI=1S/C20H28N4O3/c1-25-16-12-15(13-17(26-2)19(16)27-3)23-20-21-11-10-18(24-20)22-14-8-6-4-5-7-9-14/h10-14H,4-9H2,1-3H3,(H2,21,22,23,24). The van der Waals surface area contributed by atoms with Gasteiger partial charge >= 0.3 is 0 Å². The number of nitrogens with zero attached hydrogens (tertiary/aromatic N) is 2. The summed E-state index contributed by atoms with van der Waals surface area (Å²) in [7, 11) is 4.77. The molecular formula is C20H28N4O3. The van der Waals surface area contributed by atoms with Gasteiger partial charge in [0, 0.05) is 30.1 Å². The smallest absolute Gasteiger partial charge is 0.229 e. The molecule has 1 aromatic carbocycles. The Morgan fingerprint density at radius 1 is 0.926 bits per heavy atom. The van der Waals surface area contributed by atoms with Crippen LogP contribution in [0.3, 0.4) is 0 Å². The molecule has 1 fully saturated rings. The minimum atomic E-state index is 0.483. The topological polar surface area (TPSA) is 77.5 Å². The van der Waals surface area contributed by atoms with Crippen LogP contribution in [0.4, 0.5) is 17.5 Å². The van der Waals surface area contributed by atoms with Crippen LogP contribution in [0.1, 0.15) is 38.5 Å². The third-order valence-corrected chi connectivity index (χ3v) is 4.78. The third-order valence-electron chi connectivity index (χ3n) is 4.78. The molecule has 1 aliphatic carbocycles. The molecule has 0 unspecified atom stereocenters. The Morgan fingerprint density at radius 2 is 1.59 bits per heavy atom. The van der Waals surface area contributed by atoms with Crippen LogP contribution in [-0.4, -0.2) is 37.3 Å². The molecule has 0 amide bonds. The molecule has 7 nitrogen and oxygen atoms in total. The van der Waals surface area contributed by atoms with Crippen LogP contribution < -0.4 is 24.8 Å². The van der Waals surface area contributed by atoms with E-state index in [1.54, 1.807) is 27.5 Å². The molecule has 1 saturated carbocycles. The van der Waals surface area contributed by atoms with Crippen molar-refractivity contribution in [3.63, 3.8) is 0 Å². The second kappa shape index (κ2) is 9.30. The molecule has 0 saturated heterocycles. The Kier molecular flexibility index (Phi) is 6.57. The maximum atomic E-state index is 5.39. The molecule has 0 atom stereocenters. The Morgan fingerprint density at radius 3 is 2.19 bits per heavy atom. The average molecular weight is 372 g/mol. The quantitative estimate of drug-likeness (QED) is 0.698. The highest BCUT2D eigenvalue weighted by Gasteiger charge is 2.15. The van der Waals surface area contributed by atoms with Gasteiger partial charge in [0.15, 0.2) is 11.5 Å². The summed E-state index contributed by atoms with van der Waals surface area (Å²) in [6.45, 7) is 0. The first-order valence-electron chi connectivity index (χ1n) is 9.40. The zero-order valence-corrected chi connectivity index (χ0v) is 16.2. The van der Waals surface area contributed by atoms with Crippen molar-refractivity contribution >= 4 is 17.5 Å². The van der Waals surface area contributed by atoms with Crippen LogP contribution in [0.15, 0.2) is 24.4 Å². The van der Waals surface area contributed by atoms with E-state index in [9.17, 15) is 0 Å². The van der Waals surface area contributed by atoms with Crippen molar-refractivity contribution in [3.8, 4) is 17.2 Å². The molecule has 2 N–H and O–H groups in total. The average Bonchev–Trinajstić information content (AvgIpc) is 2.96. The van der Waals surface area contributed by atoms with Crippen LogP contribution >= 0.6 is 0 Å². The molecule has 1 aromatic heterocycles. The second-order valence-corrected chi connectivity index (χ2v) is 6.64. The Balaban J connectivity index is 1.75. The summed E-state index contributed by atoms with van der Waals surface area (Å²) in [6, 6.07) is 6.05. The number of hydrogen-bond acceptors (Lipinski definition) is 7. The number of benzene rings is 1. The van der Waals surface area contributed by atoms with Gasteiger partial charge in [0.25, 0.3) is 0 Å². The number of nitrogens with one attached hydrogen (secondary N) is 2. The zero-order chi connectivity index (χ0) is 19.1. The SMILES string of the molecule is COc1cc(Nc2nccc(NC3CCCCCC3)n2)cc(OC)c1OC. The van der Waals surface area contributed by atoms with E-state index in [4.69, 9.17) is 14.2 Å². The van der Waals surface area contributed by atoms with Crippen molar-refractivity contribution in [1.29, 1.82) is 0 Å². The van der Waals surface area contributed by atoms with Gasteiger partial charge in [-0.25, -0.2) is 4.98 Å². The first-order chi connectivity index (χ1) is 13.2. The fourth-order valence-electron chi connectivity index (χ4n) is 3.41. The van der Waals surface area contributed by atoms with E-state index in [1.807, 2.05) is 18.2 Å². The van der Waals surface area contributed by atoms with Crippen molar-refractivity contribution in [1.82, 2.24) is 9.97 Å². The molecule has 27 heavy (non-hydrogen) atoms. The van der Waals surface area contributed by atoms with E-state index in [-0.39, 0.29) is 0 Å². The van der Waals surface area contributed by atoms with E-state index in [0.717, 1.165) is 11.5 Å². The molecule has 2 aromatic rings. The number of ether oxygens (including phenoxy) is 3. The van der Waals surface area contributed by atoms with E-state index < -0.39 is 0 Å². The van der Waals surface area contributed by atoms with Crippen LogP contribution in [0.25, 0.3) is 0 Å². The van der Waals surface area contributed by atoms with E-state index in [2.05, 4.69) is 20.6 Å². The van der Waals surface area contributed by atoms with Crippen molar-refractivity contribution in [3.05, 3.63) is 24.4 Å². The summed E-state index contributed by atoms with van der Waals surface area (Å²) >= 11 is 0. The monoisotopic (exact) mass is 372 g/mol. The van der Waals surface area contributed by atoms with Gasteiger partial charge in [-0.05, 0) is 18.9 Å². The minimum absolute atomic E-state index is 0.483. The summed E-state index contributed by atoms with van der Waals surface area (Å²) in [6.07, 6.45) is 9.36. The van der Waals surface area contributed by atoms with E-state index in [1.165, 1.54) is 38.5 Å². The lowest BCUT2D eigenvalue weighted by molar-refractivity contribution is 0.324. The largest absolute Gasteiger partial charge is 0.493 e. The summed E-state index contributed by atoms with van der Waals surface area (Å²) in [5.41, 5.74) is 0.760. The summed E-state index contributed by atoms with van der Waals surface area (Å²) in [5.74, 6) is 3.06. The Labute approximate surface area is 160 Å². The Hall–Kier alpha value is -2.70. The van der Waals surface area contributed by atoms with Crippen LogP contribution in [-0.2, 0) is 0 Å². The van der Waals surface area contributed by atoms with Crippen molar-refractivity contribution < 1.29 is 14.2 Å². The maximum absolute atomic E-state index is 5.39. The summed E-state index contributed by atoms with van der Waals surface area (Å²) in [5, 5.41) is 6.77. The first-order valence-corrected chi connectivity index (χ1v) is 9.40. The van der Waals surface area contributed by atoms with Gasteiger partial charge in [-0.2, -0.15) is 4.98 Å². The highest BCUT2D eigenvalue weighted by Crippen LogP contribution is 2.40. The van der Waals surface area contributed by atoms with Crippen molar-refractivity contribution in [2.75, 3.05) is 32.0 Å². The lowest BCUT2D eigenvalue weighted by atomic mass is 10.1. The predicted octanol–water partition coefficient (Wildman–Crippen LogP) is 4.38. The number of hydrogen-bond donors (Lipinski definition) is 2. The van der Waals surface area contributed by atoms with Gasteiger partial charge in [0.05, 0.1) is 21.3 Å². The van der Waals surface area contributed by atoms with Crippen molar-refractivity contribution in [2.24, 2.45) is 0 Å². The lowest BCUT2D eigenvalue weighted by Gasteiger charge is -2.17. The van der Waals surface area contributed by atoms with Crippen LogP contribution in [0.2, 0.25) is 0 Å². The normalized spacial score (nSPS) is 14.9. The molecule has 3 rings (SSSR count). The van der Waals surface area contributed by atoms with Gasteiger partial charge in [-0.1, -0.05) is 25.7 Å². The zero-order valence-electron chi connectivity index (χ0n) is 16.2. The van der Waals surface area contributed by atoms with Gasteiger partial charge in [0.1, 0.15) is 5.82 Å². The second-order valence-electron chi connectivity index (χ2n) is 6.64. The fraction of sp³-hybridized carbons (Fsp3) is 0.500. The minimum Gasteiger partial charge on any atom is -0.493 e.